The lowest BCUT2D eigenvalue weighted by Gasteiger charge is -2.15. The summed E-state index contributed by atoms with van der Waals surface area (Å²) in [7, 11) is 0. The number of rotatable bonds is 7. The largest absolute Gasteiger partial charge is 0.416 e. The highest BCUT2D eigenvalue weighted by atomic mass is 16.4. The number of aromatic nitrogens is 2. The molecule has 1 amide bonds. The number of hydrogen-bond donors (Lipinski definition) is 1. The molecule has 5 nitrogen and oxygen atoms in total. The molecule has 0 saturated heterocycles. The second kappa shape index (κ2) is 8.83. The summed E-state index contributed by atoms with van der Waals surface area (Å²) in [4.78, 5) is 12.4. The van der Waals surface area contributed by atoms with Gasteiger partial charge in [-0.3, -0.25) is 4.79 Å². The van der Waals surface area contributed by atoms with Gasteiger partial charge in [0.2, 0.25) is 11.8 Å². The van der Waals surface area contributed by atoms with Crippen molar-refractivity contribution in [1.29, 1.82) is 0 Å². The third kappa shape index (κ3) is 5.06. The Labute approximate surface area is 166 Å². The maximum Gasteiger partial charge on any atom is 0.251 e. The molecule has 5 heteroatoms. The maximum atomic E-state index is 12.4. The Bertz CT molecular complexity index is 912. The molecule has 1 aromatic heterocycles. The molecule has 3 aromatic rings. The van der Waals surface area contributed by atoms with Crippen molar-refractivity contribution in [3.05, 3.63) is 59.7 Å². The minimum absolute atomic E-state index is 0.0614. The van der Waals surface area contributed by atoms with Gasteiger partial charge in [-0.05, 0) is 69.0 Å². The first-order valence-corrected chi connectivity index (χ1v) is 9.74. The van der Waals surface area contributed by atoms with Crippen molar-refractivity contribution in [3.63, 3.8) is 0 Å². The number of carbonyl (C=O) groups excluding carboxylic acids is 1. The third-order valence-electron chi connectivity index (χ3n) is 4.67. The molecule has 0 bridgehead atoms. The van der Waals surface area contributed by atoms with Gasteiger partial charge in [0.1, 0.15) is 0 Å². The Morgan fingerprint density at radius 3 is 1.96 bits per heavy atom. The zero-order valence-corrected chi connectivity index (χ0v) is 16.9. The molecule has 0 spiro atoms. The predicted octanol–water partition coefficient (Wildman–Crippen LogP) is 5.27. The van der Waals surface area contributed by atoms with Gasteiger partial charge in [0.15, 0.2) is 0 Å². The van der Waals surface area contributed by atoms with Crippen LogP contribution in [-0.4, -0.2) is 22.1 Å². The molecule has 1 atom stereocenters. The summed E-state index contributed by atoms with van der Waals surface area (Å²) in [6, 6.07) is 15.3. The Balaban J connectivity index is 1.66. The number of nitrogens with zero attached hydrogens (tertiary/aromatic N) is 2. The summed E-state index contributed by atoms with van der Waals surface area (Å²) >= 11 is 0. The molecule has 28 heavy (non-hydrogen) atoms. The summed E-state index contributed by atoms with van der Waals surface area (Å²) in [6.07, 6.45) is 2.08. The Hall–Kier alpha value is -2.95. The molecule has 0 saturated carbocycles. The second-order valence-corrected chi connectivity index (χ2v) is 7.70. The fraction of sp³-hybridized carbons (Fsp3) is 0.348. The van der Waals surface area contributed by atoms with E-state index in [1.54, 1.807) is 12.1 Å². The van der Waals surface area contributed by atoms with Crippen LogP contribution in [0, 0.1) is 12.8 Å². The zero-order valence-electron chi connectivity index (χ0n) is 16.9. The highest BCUT2D eigenvalue weighted by molar-refractivity contribution is 5.94. The van der Waals surface area contributed by atoms with Crippen LogP contribution in [0.3, 0.4) is 0 Å². The summed E-state index contributed by atoms with van der Waals surface area (Å²) in [5.74, 6) is 1.50. The number of benzene rings is 2. The van der Waals surface area contributed by atoms with Crippen molar-refractivity contribution in [2.75, 3.05) is 0 Å². The monoisotopic (exact) mass is 377 g/mol. The molecule has 2 aromatic carbocycles. The van der Waals surface area contributed by atoms with E-state index in [1.165, 1.54) is 5.56 Å². The molecule has 3 rings (SSSR count). The van der Waals surface area contributed by atoms with E-state index < -0.39 is 0 Å². The van der Waals surface area contributed by atoms with Gasteiger partial charge in [-0.2, -0.15) is 0 Å². The zero-order chi connectivity index (χ0) is 20.1. The van der Waals surface area contributed by atoms with Crippen LogP contribution in [0.25, 0.3) is 22.9 Å². The fourth-order valence-electron chi connectivity index (χ4n) is 2.88. The average molecular weight is 377 g/mol. The predicted molar refractivity (Wildman–Crippen MR) is 111 cm³/mol. The second-order valence-electron chi connectivity index (χ2n) is 7.70. The first-order valence-electron chi connectivity index (χ1n) is 9.74. The van der Waals surface area contributed by atoms with Crippen LogP contribution < -0.4 is 5.32 Å². The van der Waals surface area contributed by atoms with Crippen molar-refractivity contribution in [2.45, 2.75) is 46.6 Å². The van der Waals surface area contributed by atoms with Crippen LogP contribution in [0.1, 0.15) is 49.5 Å². The van der Waals surface area contributed by atoms with Gasteiger partial charge in [-0.1, -0.05) is 31.5 Å². The van der Waals surface area contributed by atoms with Crippen molar-refractivity contribution in [1.82, 2.24) is 15.5 Å². The lowest BCUT2D eigenvalue weighted by Crippen LogP contribution is -2.32. The molecular weight excluding hydrogens is 350 g/mol. The first kappa shape index (κ1) is 19.8. The molecule has 1 unspecified atom stereocenters. The van der Waals surface area contributed by atoms with E-state index in [-0.39, 0.29) is 11.9 Å². The average Bonchev–Trinajstić information content (AvgIpc) is 3.17. The van der Waals surface area contributed by atoms with Gasteiger partial charge >= 0.3 is 0 Å². The first-order chi connectivity index (χ1) is 13.4. The number of hydrogen-bond acceptors (Lipinski definition) is 4. The number of nitrogens with one attached hydrogen (secondary N) is 1. The number of amides is 1. The minimum atomic E-state index is -0.0614. The number of aryl methyl sites for hydroxylation is 1. The molecule has 1 heterocycles. The number of carbonyl (C=O) groups is 1. The SMILES string of the molecule is Cc1ccc(-c2nnc(-c3ccc(C(=O)NC(C)CCC(C)C)cc3)o2)cc1. The lowest BCUT2D eigenvalue weighted by molar-refractivity contribution is 0.0937. The molecule has 0 aliphatic carbocycles. The third-order valence-corrected chi connectivity index (χ3v) is 4.67. The van der Waals surface area contributed by atoms with Crippen LogP contribution >= 0.6 is 0 Å². The minimum Gasteiger partial charge on any atom is -0.416 e. The van der Waals surface area contributed by atoms with E-state index >= 15 is 0 Å². The Morgan fingerprint density at radius 2 is 1.43 bits per heavy atom. The van der Waals surface area contributed by atoms with E-state index in [2.05, 4.69) is 29.4 Å². The lowest BCUT2D eigenvalue weighted by atomic mass is 10.0. The van der Waals surface area contributed by atoms with Crippen LogP contribution in [0.4, 0.5) is 0 Å². The maximum absolute atomic E-state index is 12.4. The topological polar surface area (TPSA) is 68.0 Å². The van der Waals surface area contributed by atoms with Crippen molar-refractivity contribution in [2.24, 2.45) is 5.92 Å². The molecule has 0 fully saturated rings. The summed E-state index contributed by atoms with van der Waals surface area (Å²) in [6.45, 7) is 8.45. The van der Waals surface area contributed by atoms with Crippen molar-refractivity contribution in [3.8, 4) is 22.9 Å². The van der Waals surface area contributed by atoms with Crippen LogP contribution in [-0.2, 0) is 0 Å². The molecule has 0 aliphatic heterocycles. The van der Waals surface area contributed by atoms with E-state index in [9.17, 15) is 4.79 Å². The highest BCUT2D eigenvalue weighted by Gasteiger charge is 2.13. The van der Waals surface area contributed by atoms with E-state index in [1.807, 2.05) is 50.2 Å². The van der Waals surface area contributed by atoms with E-state index in [0.717, 1.165) is 24.0 Å². The van der Waals surface area contributed by atoms with Crippen LogP contribution in [0.15, 0.2) is 52.9 Å². The molecular formula is C23H27N3O2. The van der Waals surface area contributed by atoms with Gasteiger partial charge in [-0.15, -0.1) is 10.2 Å². The van der Waals surface area contributed by atoms with Crippen LogP contribution in [0.5, 0.6) is 0 Å². The molecule has 146 valence electrons. The highest BCUT2D eigenvalue weighted by Crippen LogP contribution is 2.24. The summed E-state index contributed by atoms with van der Waals surface area (Å²) in [5.41, 5.74) is 3.47. The standard InChI is InChI=1S/C23H27N3O2/c1-15(2)5-8-17(4)24-21(27)18-11-13-20(14-12-18)23-26-25-22(28-23)19-9-6-16(3)7-10-19/h6-7,9-15,17H,5,8H2,1-4H3,(H,24,27). The van der Waals surface area contributed by atoms with Gasteiger partial charge in [0.25, 0.3) is 5.91 Å². The normalized spacial score (nSPS) is 12.2. The van der Waals surface area contributed by atoms with E-state index in [4.69, 9.17) is 4.42 Å². The summed E-state index contributed by atoms with van der Waals surface area (Å²) in [5, 5.41) is 11.3. The van der Waals surface area contributed by atoms with Gasteiger partial charge < -0.3 is 9.73 Å². The van der Waals surface area contributed by atoms with Gasteiger partial charge in [0.05, 0.1) is 0 Å². The van der Waals surface area contributed by atoms with E-state index in [0.29, 0.717) is 23.3 Å². The van der Waals surface area contributed by atoms with Crippen molar-refractivity contribution < 1.29 is 9.21 Å². The Morgan fingerprint density at radius 1 is 0.893 bits per heavy atom. The van der Waals surface area contributed by atoms with Crippen LogP contribution in [0.2, 0.25) is 0 Å². The van der Waals surface area contributed by atoms with Crippen molar-refractivity contribution >= 4 is 5.91 Å². The quantitative estimate of drug-likeness (QED) is 0.609. The van der Waals surface area contributed by atoms with Gasteiger partial charge in [0, 0.05) is 22.7 Å². The molecule has 1 N–H and O–H groups in total. The summed E-state index contributed by atoms with van der Waals surface area (Å²) < 4.78 is 5.79. The fourth-order valence-corrected chi connectivity index (χ4v) is 2.88. The molecule has 0 radical (unpaired) electrons. The smallest absolute Gasteiger partial charge is 0.251 e. The molecule has 0 aliphatic rings. The van der Waals surface area contributed by atoms with Gasteiger partial charge in [-0.25, -0.2) is 0 Å². The Kier molecular flexibility index (Phi) is 6.24.